The van der Waals surface area contributed by atoms with Crippen molar-refractivity contribution in [3.8, 4) is 0 Å². The Kier molecular flexibility index (Phi) is 3.76. The Morgan fingerprint density at radius 1 is 1.24 bits per heavy atom. The molecule has 3 unspecified atom stereocenters. The van der Waals surface area contributed by atoms with E-state index in [1.807, 2.05) is 0 Å². The standard InChI is InChI=1S/C17H28N4/c1-13-17-10-18-9-14(17)11-20(13)12-15-7-8-21(19-15)16-5-3-2-4-6-16/h7-8,13-14,16-18H,2-6,9-12H2,1H3. The van der Waals surface area contributed by atoms with Crippen molar-refractivity contribution in [3.63, 3.8) is 0 Å². The molecule has 3 atom stereocenters. The van der Waals surface area contributed by atoms with Gasteiger partial charge in [-0.25, -0.2) is 0 Å². The summed E-state index contributed by atoms with van der Waals surface area (Å²) in [7, 11) is 0. The van der Waals surface area contributed by atoms with Gasteiger partial charge in [-0.15, -0.1) is 0 Å². The third-order valence-corrected chi connectivity index (χ3v) is 6.03. The lowest BCUT2D eigenvalue weighted by molar-refractivity contribution is 0.227. The average Bonchev–Trinajstić information content (AvgIpc) is 3.21. The fourth-order valence-electron chi connectivity index (χ4n) is 4.68. The second-order valence-corrected chi connectivity index (χ2v) is 7.33. The predicted molar refractivity (Wildman–Crippen MR) is 84.1 cm³/mol. The van der Waals surface area contributed by atoms with Crippen molar-refractivity contribution >= 4 is 0 Å². The molecule has 1 saturated carbocycles. The highest BCUT2D eigenvalue weighted by molar-refractivity contribution is 5.04. The summed E-state index contributed by atoms with van der Waals surface area (Å²) in [6.07, 6.45) is 9.01. The van der Waals surface area contributed by atoms with Crippen molar-refractivity contribution in [2.75, 3.05) is 19.6 Å². The maximum absolute atomic E-state index is 4.89. The Balaban J connectivity index is 1.40. The number of nitrogens with zero attached hydrogens (tertiary/aromatic N) is 3. The van der Waals surface area contributed by atoms with E-state index in [0.29, 0.717) is 12.1 Å². The van der Waals surface area contributed by atoms with E-state index in [1.54, 1.807) is 0 Å². The van der Waals surface area contributed by atoms with Crippen LogP contribution in [0, 0.1) is 11.8 Å². The van der Waals surface area contributed by atoms with Crippen LogP contribution in [0.3, 0.4) is 0 Å². The van der Waals surface area contributed by atoms with Crippen LogP contribution in [-0.4, -0.2) is 40.4 Å². The zero-order chi connectivity index (χ0) is 14.2. The largest absolute Gasteiger partial charge is 0.316 e. The van der Waals surface area contributed by atoms with Crippen LogP contribution in [0.25, 0.3) is 0 Å². The summed E-state index contributed by atoms with van der Waals surface area (Å²) < 4.78 is 2.25. The Morgan fingerprint density at radius 3 is 2.90 bits per heavy atom. The maximum atomic E-state index is 4.89. The van der Waals surface area contributed by atoms with Gasteiger partial charge in [0.15, 0.2) is 0 Å². The van der Waals surface area contributed by atoms with E-state index in [9.17, 15) is 0 Å². The molecule has 0 bridgehead atoms. The first-order chi connectivity index (χ1) is 10.3. The van der Waals surface area contributed by atoms with Crippen molar-refractivity contribution < 1.29 is 0 Å². The summed E-state index contributed by atoms with van der Waals surface area (Å²) in [5.74, 6) is 1.71. The summed E-state index contributed by atoms with van der Waals surface area (Å²) in [4.78, 5) is 2.64. The minimum atomic E-state index is 0.659. The molecular weight excluding hydrogens is 260 g/mol. The van der Waals surface area contributed by atoms with Crippen LogP contribution in [0.1, 0.15) is 50.8 Å². The molecule has 2 saturated heterocycles. The lowest BCUT2D eigenvalue weighted by Crippen LogP contribution is -2.32. The number of aromatic nitrogens is 2. The van der Waals surface area contributed by atoms with Gasteiger partial charge in [0.1, 0.15) is 0 Å². The highest BCUT2D eigenvalue weighted by Crippen LogP contribution is 2.33. The molecule has 4 nitrogen and oxygen atoms in total. The van der Waals surface area contributed by atoms with Gasteiger partial charge in [-0.1, -0.05) is 19.3 Å². The molecular formula is C17H28N4. The van der Waals surface area contributed by atoms with Gasteiger partial charge in [-0.3, -0.25) is 9.58 Å². The van der Waals surface area contributed by atoms with E-state index in [-0.39, 0.29) is 0 Å². The molecule has 4 rings (SSSR count). The van der Waals surface area contributed by atoms with Crippen LogP contribution >= 0.6 is 0 Å². The zero-order valence-corrected chi connectivity index (χ0v) is 13.2. The molecule has 0 aromatic carbocycles. The fraction of sp³-hybridized carbons (Fsp3) is 0.824. The molecule has 3 aliphatic rings. The average molecular weight is 288 g/mol. The minimum Gasteiger partial charge on any atom is -0.316 e. The Hall–Kier alpha value is -0.870. The monoisotopic (exact) mass is 288 g/mol. The molecule has 1 aromatic rings. The lowest BCUT2D eigenvalue weighted by atomic mass is 9.95. The second-order valence-electron chi connectivity index (χ2n) is 7.33. The first-order valence-electron chi connectivity index (χ1n) is 8.80. The van der Waals surface area contributed by atoms with Gasteiger partial charge in [0.25, 0.3) is 0 Å². The third kappa shape index (κ3) is 2.64. The quantitative estimate of drug-likeness (QED) is 0.927. The van der Waals surface area contributed by atoms with E-state index in [0.717, 1.165) is 18.4 Å². The highest BCUT2D eigenvalue weighted by Gasteiger charge is 2.41. The van der Waals surface area contributed by atoms with Crippen molar-refractivity contribution in [1.82, 2.24) is 20.0 Å². The first-order valence-corrected chi connectivity index (χ1v) is 8.80. The molecule has 0 spiro atoms. The lowest BCUT2D eigenvalue weighted by Gasteiger charge is -2.24. The Morgan fingerprint density at radius 2 is 2.10 bits per heavy atom. The van der Waals surface area contributed by atoms with Crippen LogP contribution in [0.5, 0.6) is 0 Å². The van der Waals surface area contributed by atoms with Crippen LogP contribution in [0.2, 0.25) is 0 Å². The molecule has 3 fully saturated rings. The smallest absolute Gasteiger partial charge is 0.0765 e. The van der Waals surface area contributed by atoms with Gasteiger partial charge < -0.3 is 5.32 Å². The summed E-state index contributed by atoms with van der Waals surface area (Å²) in [5, 5.41) is 8.42. The first kappa shape index (κ1) is 13.8. The summed E-state index contributed by atoms with van der Waals surface area (Å²) in [6.45, 7) is 7.10. The van der Waals surface area contributed by atoms with Crippen molar-refractivity contribution in [3.05, 3.63) is 18.0 Å². The SMILES string of the molecule is CC1C2CNCC2CN1Cc1ccn(C2CCCCC2)n1. The van der Waals surface area contributed by atoms with E-state index < -0.39 is 0 Å². The van der Waals surface area contributed by atoms with Gasteiger partial charge in [0.2, 0.25) is 0 Å². The minimum absolute atomic E-state index is 0.659. The molecule has 3 heterocycles. The molecule has 0 radical (unpaired) electrons. The predicted octanol–water partition coefficient (Wildman–Crippen LogP) is 2.43. The third-order valence-electron chi connectivity index (χ3n) is 6.03. The molecule has 1 N–H and O–H groups in total. The molecule has 1 aliphatic carbocycles. The van der Waals surface area contributed by atoms with E-state index in [2.05, 4.69) is 34.1 Å². The van der Waals surface area contributed by atoms with Crippen molar-refractivity contribution in [2.45, 2.75) is 57.7 Å². The molecule has 4 heteroatoms. The van der Waals surface area contributed by atoms with E-state index in [1.165, 1.54) is 57.4 Å². The number of hydrogen-bond donors (Lipinski definition) is 1. The number of fused-ring (bicyclic) bond motifs is 1. The van der Waals surface area contributed by atoms with E-state index >= 15 is 0 Å². The van der Waals surface area contributed by atoms with Crippen LogP contribution in [-0.2, 0) is 6.54 Å². The van der Waals surface area contributed by atoms with Crippen LogP contribution in [0.15, 0.2) is 12.3 Å². The van der Waals surface area contributed by atoms with Gasteiger partial charge >= 0.3 is 0 Å². The summed E-state index contributed by atoms with van der Waals surface area (Å²) in [6, 6.07) is 3.60. The molecule has 1 aromatic heterocycles. The molecule has 2 aliphatic heterocycles. The number of likely N-dealkylation sites (tertiary alicyclic amines) is 1. The zero-order valence-electron chi connectivity index (χ0n) is 13.2. The number of nitrogens with one attached hydrogen (secondary N) is 1. The van der Waals surface area contributed by atoms with Crippen LogP contribution in [0.4, 0.5) is 0 Å². The van der Waals surface area contributed by atoms with Gasteiger partial charge in [0.05, 0.1) is 11.7 Å². The Labute approximate surface area is 127 Å². The number of hydrogen-bond acceptors (Lipinski definition) is 3. The fourth-order valence-corrected chi connectivity index (χ4v) is 4.68. The topological polar surface area (TPSA) is 33.1 Å². The normalized spacial score (nSPS) is 34.4. The molecule has 0 amide bonds. The summed E-state index contributed by atoms with van der Waals surface area (Å²) >= 11 is 0. The highest BCUT2D eigenvalue weighted by atomic mass is 15.3. The van der Waals surface area contributed by atoms with Crippen molar-refractivity contribution in [1.29, 1.82) is 0 Å². The maximum Gasteiger partial charge on any atom is 0.0765 e. The van der Waals surface area contributed by atoms with Gasteiger partial charge in [-0.05, 0) is 50.8 Å². The second kappa shape index (κ2) is 5.73. The number of rotatable bonds is 3. The summed E-state index contributed by atoms with van der Waals surface area (Å²) in [5.41, 5.74) is 1.26. The van der Waals surface area contributed by atoms with E-state index in [4.69, 9.17) is 5.10 Å². The van der Waals surface area contributed by atoms with Crippen LogP contribution < -0.4 is 5.32 Å². The molecule has 21 heavy (non-hydrogen) atoms. The molecule has 116 valence electrons. The Bertz CT molecular complexity index is 477. The van der Waals surface area contributed by atoms with Crippen molar-refractivity contribution in [2.24, 2.45) is 11.8 Å². The van der Waals surface area contributed by atoms with Gasteiger partial charge in [-0.2, -0.15) is 5.10 Å². The van der Waals surface area contributed by atoms with Gasteiger partial charge in [0, 0.05) is 25.3 Å².